The van der Waals surface area contributed by atoms with Gasteiger partial charge in [-0.3, -0.25) is 0 Å². The van der Waals surface area contributed by atoms with Gasteiger partial charge in [0.1, 0.15) is 0 Å². The fraction of sp³-hybridized carbons (Fsp3) is 0.389. The highest BCUT2D eigenvalue weighted by Crippen LogP contribution is 2.51. The lowest BCUT2D eigenvalue weighted by Crippen LogP contribution is -2.53. The van der Waals surface area contributed by atoms with E-state index in [4.69, 9.17) is 5.11 Å². The summed E-state index contributed by atoms with van der Waals surface area (Å²) in [5.74, 6) is -11.2. The summed E-state index contributed by atoms with van der Waals surface area (Å²) in [4.78, 5) is 12.0. The Bertz CT molecular complexity index is 880. The molecule has 0 bridgehead atoms. The Labute approximate surface area is 156 Å². The molecule has 2 rings (SSSR count). The smallest absolute Gasteiger partial charge is 0.350 e. The average Bonchev–Trinajstić information content (AvgIpc) is 2.59. The van der Waals surface area contributed by atoms with Gasteiger partial charge in [0, 0.05) is 11.9 Å². The molecule has 4 nitrogen and oxygen atoms in total. The number of nitrogens with one attached hydrogen (secondary N) is 2. The standard InChI is InChI=1S/C18H18F6N2O2/c1-3-8-25-15(27)26-14-12-9-10(2)4-5-11(12)6-7-13(14)16(19,20)17(21,28)18(22,23)24/h4-7,9,28H,3,8H2,1-2H3,(H2,25,26,27). The molecule has 0 aromatic heterocycles. The quantitative estimate of drug-likeness (QED) is 0.611. The van der Waals surface area contributed by atoms with Crippen LogP contribution in [0.3, 0.4) is 0 Å². The fourth-order valence-corrected chi connectivity index (χ4v) is 2.58. The maximum atomic E-state index is 14.5. The largest absolute Gasteiger partial charge is 0.455 e. The highest BCUT2D eigenvalue weighted by atomic mass is 19.4. The molecule has 2 aromatic rings. The molecule has 2 amide bonds. The molecular weight excluding hydrogens is 390 g/mol. The molecule has 0 saturated carbocycles. The van der Waals surface area contributed by atoms with Crippen LogP contribution in [-0.2, 0) is 5.92 Å². The van der Waals surface area contributed by atoms with Crippen LogP contribution >= 0.6 is 0 Å². The Morgan fingerprint density at radius 3 is 2.25 bits per heavy atom. The number of carbonyl (C=O) groups is 1. The number of hydrogen-bond acceptors (Lipinski definition) is 2. The zero-order valence-electron chi connectivity index (χ0n) is 14.9. The third kappa shape index (κ3) is 3.87. The van der Waals surface area contributed by atoms with E-state index in [9.17, 15) is 31.1 Å². The minimum absolute atomic E-state index is 0.0261. The molecule has 0 spiro atoms. The first-order valence-corrected chi connectivity index (χ1v) is 8.27. The number of fused-ring (bicyclic) bond motifs is 1. The Balaban J connectivity index is 2.71. The van der Waals surface area contributed by atoms with Gasteiger partial charge in [0.05, 0.1) is 11.3 Å². The van der Waals surface area contributed by atoms with Crippen molar-refractivity contribution in [3.8, 4) is 0 Å². The molecule has 1 atom stereocenters. The summed E-state index contributed by atoms with van der Waals surface area (Å²) in [6, 6.07) is 5.13. The van der Waals surface area contributed by atoms with Crippen LogP contribution in [0.15, 0.2) is 30.3 Å². The number of halogens is 6. The van der Waals surface area contributed by atoms with Crippen molar-refractivity contribution in [1.82, 2.24) is 5.32 Å². The molecule has 0 fully saturated rings. The van der Waals surface area contributed by atoms with Crippen molar-refractivity contribution in [2.75, 3.05) is 11.9 Å². The van der Waals surface area contributed by atoms with Gasteiger partial charge in [-0.25, -0.2) is 4.79 Å². The first-order valence-electron chi connectivity index (χ1n) is 8.27. The van der Waals surface area contributed by atoms with Gasteiger partial charge < -0.3 is 15.7 Å². The average molecular weight is 408 g/mol. The first kappa shape index (κ1) is 21.8. The maximum Gasteiger partial charge on any atom is 0.455 e. The van der Waals surface area contributed by atoms with Crippen molar-refractivity contribution in [3.05, 3.63) is 41.5 Å². The van der Waals surface area contributed by atoms with Gasteiger partial charge >= 0.3 is 24.0 Å². The number of carbonyl (C=O) groups excluding carboxylic acids is 1. The van der Waals surface area contributed by atoms with Crippen molar-refractivity contribution in [1.29, 1.82) is 0 Å². The summed E-state index contributed by atoms with van der Waals surface area (Å²) in [7, 11) is 0. The van der Waals surface area contributed by atoms with E-state index < -0.39 is 35.2 Å². The number of aliphatic hydroxyl groups is 1. The number of urea groups is 1. The molecule has 1 unspecified atom stereocenters. The zero-order valence-corrected chi connectivity index (χ0v) is 14.9. The van der Waals surface area contributed by atoms with Crippen LogP contribution in [0.5, 0.6) is 0 Å². The van der Waals surface area contributed by atoms with Crippen LogP contribution in [0, 0.1) is 6.92 Å². The first-order chi connectivity index (χ1) is 12.8. The van der Waals surface area contributed by atoms with Crippen molar-refractivity contribution in [3.63, 3.8) is 0 Å². The third-order valence-electron chi connectivity index (χ3n) is 4.08. The molecular formula is C18H18F6N2O2. The molecule has 10 heteroatoms. The lowest BCUT2D eigenvalue weighted by atomic mass is 9.94. The molecule has 154 valence electrons. The Morgan fingerprint density at radius 2 is 1.68 bits per heavy atom. The zero-order chi connectivity index (χ0) is 21.3. The lowest BCUT2D eigenvalue weighted by Gasteiger charge is -2.32. The van der Waals surface area contributed by atoms with Gasteiger partial charge in [0.15, 0.2) is 0 Å². The molecule has 0 heterocycles. The van der Waals surface area contributed by atoms with E-state index in [1.54, 1.807) is 19.9 Å². The van der Waals surface area contributed by atoms with Gasteiger partial charge in [0.2, 0.25) is 0 Å². The molecule has 2 aromatic carbocycles. The van der Waals surface area contributed by atoms with Crippen LogP contribution < -0.4 is 10.6 Å². The van der Waals surface area contributed by atoms with E-state index in [0.29, 0.717) is 23.4 Å². The van der Waals surface area contributed by atoms with Crippen molar-refractivity contribution >= 4 is 22.5 Å². The molecule has 28 heavy (non-hydrogen) atoms. The normalized spacial score (nSPS) is 14.6. The highest BCUT2D eigenvalue weighted by molar-refractivity contribution is 6.03. The topological polar surface area (TPSA) is 61.4 Å². The van der Waals surface area contributed by atoms with Crippen LogP contribution in [0.25, 0.3) is 10.8 Å². The van der Waals surface area contributed by atoms with Crippen LogP contribution in [0.1, 0.15) is 24.5 Å². The molecule has 3 N–H and O–H groups in total. The summed E-state index contributed by atoms with van der Waals surface area (Å²) in [5.41, 5.74) is -1.66. The van der Waals surface area contributed by atoms with Crippen molar-refractivity contribution in [2.45, 2.75) is 38.2 Å². The second-order valence-electron chi connectivity index (χ2n) is 6.29. The predicted molar refractivity (Wildman–Crippen MR) is 92.0 cm³/mol. The fourth-order valence-electron chi connectivity index (χ4n) is 2.58. The molecule has 0 radical (unpaired) electrons. The summed E-state index contributed by atoms with van der Waals surface area (Å²) >= 11 is 0. The summed E-state index contributed by atoms with van der Waals surface area (Å²) in [5, 5.41) is 13.7. The summed E-state index contributed by atoms with van der Waals surface area (Å²) in [6.07, 6.45) is -5.75. The van der Waals surface area contributed by atoms with E-state index in [1.165, 1.54) is 12.1 Å². The van der Waals surface area contributed by atoms with E-state index in [0.717, 1.165) is 6.07 Å². The lowest BCUT2D eigenvalue weighted by molar-refractivity contribution is -0.390. The second kappa shape index (κ2) is 7.50. The number of amides is 2. The van der Waals surface area contributed by atoms with Gasteiger partial charge in [-0.2, -0.15) is 26.3 Å². The molecule has 0 aliphatic carbocycles. The predicted octanol–water partition coefficient (Wildman–Crippen LogP) is 4.99. The number of anilines is 1. The number of rotatable bonds is 5. The number of aryl methyl sites for hydroxylation is 1. The van der Waals surface area contributed by atoms with Crippen LogP contribution in [0.4, 0.5) is 36.8 Å². The van der Waals surface area contributed by atoms with Crippen LogP contribution in [0.2, 0.25) is 0 Å². The maximum absolute atomic E-state index is 14.5. The number of alkyl halides is 6. The van der Waals surface area contributed by atoms with Gasteiger partial charge in [-0.15, -0.1) is 0 Å². The summed E-state index contributed by atoms with van der Waals surface area (Å²) in [6.45, 7) is 3.51. The second-order valence-corrected chi connectivity index (χ2v) is 6.29. The summed E-state index contributed by atoms with van der Waals surface area (Å²) < 4.78 is 81.1. The van der Waals surface area contributed by atoms with Crippen LogP contribution in [-0.4, -0.2) is 29.7 Å². The monoisotopic (exact) mass is 408 g/mol. The van der Waals surface area contributed by atoms with E-state index >= 15 is 0 Å². The molecule has 0 aliphatic heterocycles. The third-order valence-corrected chi connectivity index (χ3v) is 4.08. The van der Waals surface area contributed by atoms with Gasteiger partial charge in [-0.1, -0.05) is 36.8 Å². The van der Waals surface area contributed by atoms with E-state index in [-0.39, 0.29) is 11.9 Å². The number of hydrogen-bond donors (Lipinski definition) is 3. The van der Waals surface area contributed by atoms with E-state index in [1.807, 2.05) is 0 Å². The highest BCUT2D eigenvalue weighted by Gasteiger charge is 2.72. The minimum atomic E-state index is -6.26. The van der Waals surface area contributed by atoms with Crippen molar-refractivity contribution in [2.24, 2.45) is 0 Å². The molecule has 0 saturated heterocycles. The van der Waals surface area contributed by atoms with Gasteiger partial charge in [-0.05, 0) is 24.8 Å². The van der Waals surface area contributed by atoms with Crippen molar-refractivity contribution < 1.29 is 36.2 Å². The number of benzene rings is 2. The Kier molecular flexibility index (Phi) is 5.84. The van der Waals surface area contributed by atoms with Gasteiger partial charge in [0.25, 0.3) is 0 Å². The molecule has 0 aliphatic rings. The van der Waals surface area contributed by atoms with E-state index in [2.05, 4.69) is 10.6 Å². The minimum Gasteiger partial charge on any atom is -0.350 e. The Hall–Kier alpha value is -2.49. The SMILES string of the molecule is CCCNC(=O)Nc1c(C(F)(F)C(O)(F)C(F)(F)F)ccc2ccc(C)cc12. The Morgan fingerprint density at radius 1 is 1.07 bits per heavy atom.